The molecule has 3 atom stereocenters. The van der Waals surface area contributed by atoms with Gasteiger partial charge < -0.3 is 15.0 Å². The molecule has 0 spiro atoms. The lowest BCUT2D eigenvalue weighted by Gasteiger charge is -2.21. The first-order valence-electron chi connectivity index (χ1n) is 6.60. The van der Waals surface area contributed by atoms with Crippen molar-refractivity contribution in [3.05, 3.63) is 24.5 Å². The summed E-state index contributed by atoms with van der Waals surface area (Å²) in [6.45, 7) is 5.67. The standard InChI is InChI=1S/C14H22N2O3/c1-4-10(2)13(14(18)19)15-12(17)9-11(3)16-7-5-6-8-16/h5-8,10-11,13H,4,9H2,1-3H3,(H,15,17)(H,18,19)/t10-,11?,13-/m0/s1. The smallest absolute Gasteiger partial charge is 0.326 e. The number of rotatable bonds is 7. The molecule has 0 radical (unpaired) electrons. The molecule has 5 nitrogen and oxygen atoms in total. The maximum absolute atomic E-state index is 11.9. The van der Waals surface area contributed by atoms with E-state index in [-0.39, 0.29) is 24.3 Å². The van der Waals surface area contributed by atoms with Gasteiger partial charge in [0.1, 0.15) is 6.04 Å². The van der Waals surface area contributed by atoms with Crippen molar-refractivity contribution in [1.82, 2.24) is 9.88 Å². The highest BCUT2D eigenvalue weighted by molar-refractivity contribution is 5.83. The number of amides is 1. The summed E-state index contributed by atoms with van der Waals surface area (Å²) >= 11 is 0. The van der Waals surface area contributed by atoms with E-state index in [0.29, 0.717) is 6.42 Å². The van der Waals surface area contributed by atoms with E-state index in [1.54, 1.807) is 0 Å². The van der Waals surface area contributed by atoms with E-state index in [9.17, 15) is 9.59 Å². The zero-order valence-corrected chi connectivity index (χ0v) is 11.7. The highest BCUT2D eigenvalue weighted by Gasteiger charge is 2.25. The maximum Gasteiger partial charge on any atom is 0.326 e. The largest absolute Gasteiger partial charge is 0.480 e. The van der Waals surface area contributed by atoms with Crippen molar-refractivity contribution in [2.24, 2.45) is 5.92 Å². The summed E-state index contributed by atoms with van der Waals surface area (Å²) in [5.41, 5.74) is 0. The van der Waals surface area contributed by atoms with E-state index in [4.69, 9.17) is 5.11 Å². The summed E-state index contributed by atoms with van der Waals surface area (Å²) < 4.78 is 1.93. The molecule has 0 aliphatic rings. The Bertz CT molecular complexity index is 414. The molecule has 1 unspecified atom stereocenters. The number of aromatic nitrogens is 1. The highest BCUT2D eigenvalue weighted by Crippen LogP contribution is 2.12. The van der Waals surface area contributed by atoms with Gasteiger partial charge in [0, 0.05) is 24.9 Å². The second-order valence-corrected chi connectivity index (χ2v) is 4.95. The number of carbonyl (C=O) groups excluding carboxylic acids is 1. The Labute approximate surface area is 113 Å². The fourth-order valence-corrected chi connectivity index (χ4v) is 1.93. The molecule has 2 N–H and O–H groups in total. The number of hydrogen-bond acceptors (Lipinski definition) is 2. The van der Waals surface area contributed by atoms with Crippen molar-refractivity contribution in [3.8, 4) is 0 Å². The number of carbonyl (C=O) groups is 2. The van der Waals surface area contributed by atoms with Gasteiger partial charge in [-0.25, -0.2) is 4.79 Å². The van der Waals surface area contributed by atoms with Crippen LogP contribution in [0.5, 0.6) is 0 Å². The maximum atomic E-state index is 11.9. The molecule has 5 heteroatoms. The summed E-state index contributed by atoms with van der Waals surface area (Å²) in [6, 6.07) is 3.00. The van der Waals surface area contributed by atoms with Crippen LogP contribution in [0.2, 0.25) is 0 Å². The monoisotopic (exact) mass is 266 g/mol. The second-order valence-electron chi connectivity index (χ2n) is 4.95. The summed E-state index contributed by atoms with van der Waals surface area (Å²) in [4.78, 5) is 23.0. The van der Waals surface area contributed by atoms with Crippen LogP contribution in [0, 0.1) is 5.92 Å². The summed E-state index contributed by atoms with van der Waals surface area (Å²) in [7, 11) is 0. The van der Waals surface area contributed by atoms with Gasteiger partial charge in [0.25, 0.3) is 0 Å². The number of nitrogens with one attached hydrogen (secondary N) is 1. The zero-order valence-electron chi connectivity index (χ0n) is 11.7. The van der Waals surface area contributed by atoms with Gasteiger partial charge in [-0.3, -0.25) is 4.79 Å². The summed E-state index contributed by atoms with van der Waals surface area (Å²) in [5.74, 6) is -1.28. The first-order chi connectivity index (χ1) is 8.95. The highest BCUT2D eigenvalue weighted by atomic mass is 16.4. The molecule has 0 aliphatic carbocycles. The Morgan fingerprint density at radius 2 is 1.84 bits per heavy atom. The molecule has 19 heavy (non-hydrogen) atoms. The molecular formula is C14H22N2O3. The fraction of sp³-hybridized carbons (Fsp3) is 0.571. The quantitative estimate of drug-likeness (QED) is 0.793. The number of aliphatic carboxylic acids is 1. The number of carboxylic acids is 1. The minimum absolute atomic E-state index is 0.0152. The Hall–Kier alpha value is -1.78. The van der Waals surface area contributed by atoms with E-state index in [0.717, 1.165) is 0 Å². The van der Waals surface area contributed by atoms with Crippen LogP contribution in [-0.4, -0.2) is 27.6 Å². The predicted octanol–water partition coefficient (Wildman–Crippen LogP) is 2.05. The van der Waals surface area contributed by atoms with E-state index < -0.39 is 12.0 Å². The van der Waals surface area contributed by atoms with Crippen molar-refractivity contribution in [2.45, 2.75) is 45.7 Å². The molecule has 1 rings (SSSR count). The summed E-state index contributed by atoms with van der Waals surface area (Å²) in [5, 5.41) is 11.7. The molecule has 0 saturated heterocycles. The average Bonchev–Trinajstić information content (AvgIpc) is 2.88. The molecule has 106 valence electrons. The van der Waals surface area contributed by atoms with Crippen LogP contribution in [0.4, 0.5) is 0 Å². The van der Waals surface area contributed by atoms with Crippen LogP contribution in [-0.2, 0) is 9.59 Å². The van der Waals surface area contributed by atoms with Crippen molar-refractivity contribution in [3.63, 3.8) is 0 Å². The molecular weight excluding hydrogens is 244 g/mol. The van der Waals surface area contributed by atoms with Crippen molar-refractivity contribution >= 4 is 11.9 Å². The Morgan fingerprint density at radius 3 is 2.32 bits per heavy atom. The van der Waals surface area contributed by atoms with E-state index in [1.807, 2.05) is 49.9 Å². The van der Waals surface area contributed by atoms with Gasteiger partial charge in [0.05, 0.1) is 0 Å². The molecule has 1 aromatic rings. The van der Waals surface area contributed by atoms with Crippen LogP contribution in [0.3, 0.4) is 0 Å². The third kappa shape index (κ3) is 4.43. The lowest BCUT2D eigenvalue weighted by Crippen LogP contribution is -2.45. The van der Waals surface area contributed by atoms with Crippen LogP contribution in [0.1, 0.15) is 39.7 Å². The molecule has 0 aromatic carbocycles. The van der Waals surface area contributed by atoms with Gasteiger partial charge >= 0.3 is 5.97 Å². The van der Waals surface area contributed by atoms with Crippen LogP contribution >= 0.6 is 0 Å². The lowest BCUT2D eigenvalue weighted by atomic mass is 9.99. The van der Waals surface area contributed by atoms with Gasteiger partial charge in [-0.1, -0.05) is 20.3 Å². The minimum Gasteiger partial charge on any atom is -0.480 e. The van der Waals surface area contributed by atoms with Crippen LogP contribution in [0.25, 0.3) is 0 Å². The first-order valence-corrected chi connectivity index (χ1v) is 6.60. The normalized spacial score (nSPS) is 15.5. The second kappa shape index (κ2) is 6.97. The Balaban J connectivity index is 2.56. The Kier molecular flexibility index (Phi) is 5.60. The first kappa shape index (κ1) is 15.3. The minimum atomic E-state index is -0.976. The number of nitrogens with zero attached hydrogens (tertiary/aromatic N) is 1. The third-order valence-electron chi connectivity index (χ3n) is 3.41. The lowest BCUT2D eigenvalue weighted by molar-refractivity contribution is -0.143. The molecule has 0 fully saturated rings. The Morgan fingerprint density at radius 1 is 1.26 bits per heavy atom. The number of carboxylic acid groups (broad SMARTS) is 1. The topological polar surface area (TPSA) is 71.3 Å². The molecule has 0 bridgehead atoms. The van der Waals surface area contributed by atoms with E-state index in [2.05, 4.69) is 5.32 Å². The van der Waals surface area contributed by atoms with Crippen LogP contribution < -0.4 is 5.32 Å². The van der Waals surface area contributed by atoms with Gasteiger partial charge in [-0.05, 0) is 25.0 Å². The van der Waals surface area contributed by atoms with Gasteiger partial charge in [-0.15, -0.1) is 0 Å². The molecule has 1 amide bonds. The van der Waals surface area contributed by atoms with Crippen LogP contribution in [0.15, 0.2) is 24.5 Å². The molecule has 1 heterocycles. The molecule has 1 aromatic heterocycles. The van der Waals surface area contributed by atoms with Gasteiger partial charge in [-0.2, -0.15) is 0 Å². The van der Waals surface area contributed by atoms with Crippen molar-refractivity contribution < 1.29 is 14.7 Å². The van der Waals surface area contributed by atoms with Crippen molar-refractivity contribution in [1.29, 1.82) is 0 Å². The fourth-order valence-electron chi connectivity index (χ4n) is 1.93. The zero-order chi connectivity index (χ0) is 14.4. The predicted molar refractivity (Wildman–Crippen MR) is 72.8 cm³/mol. The molecule has 0 saturated carbocycles. The molecule has 0 aliphatic heterocycles. The third-order valence-corrected chi connectivity index (χ3v) is 3.41. The van der Waals surface area contributed by atoms with Gasteiger partial charge in [0.15, 0.2) is 0 Å². The summed E-state index contributed by atoms with van der Waals surface area (Å²) in [6.07, 6.45) is 4.77. The van der Waals surface area contributed by atoms with Crippen molar-refractivity contribution in [2.75, 3.05) is 0 Å². The van der Waals surface area contributed by atoms with E-state index >= 15 is 0 Å². The SMILES string of the molecule is CC[C@H](C)[C@H](NC(=O)CC(C)n1cccc1)C(=O)O. The average molecular weight is 266 g/mol. The van der Waals surface area contributed by atoms with E-state index in [1.165, 1.54) is 0 Å². The number of hydrogen-bond donors (Lipinski definition) is 2. The van der Waals surface area contributed by atoms with Gasteiger partial charge in [0.2, 0.25) is 5.91 Å².